The second-order valence-corrected chi connectivity index (χ2v) is 9.02. The summed E-state index contributed by atoms with van der Waals surface area (Å²) in [4.78, 5) is 17.0. The van der Waals surface area contributed by atoms with E-state index in [1.165, 1.54) is 12.8 Å². The number of benzene rings is 1. The van der Waals surface area contributed by atoms with Gasteiger partial charge in [-0.2, -0.15) is 5.26 Å². The van der Waals surface area contributed by atoms with Crippen LogP contribution in [0.5, 0.6) is 0 Å². The maximum absolute atomic E-state index is 12.6. The molecule has 136 valence electrons. The third-order valence-electron chi connectivity index (χ3n) is 7.53. The highest BCUT2D eigenvalue weighted by atomic mass is 16.5. The van der Waals surface area contributed by atoms with Gasteiger partial charge in [-0.15, -0.1) is 0 Å². The molecule has 5 heteroatoms. The summed E-state index contributed by atoms with van der Waals surface area (Å²) in [5.41, 5.74) is 1.15. The number of fused-ring (bicyclic) bond motifs is 1. The predicted octanol–water partition coefficient (Wildman–Crippen LogP) is 3.55. The molecule has 6 rings (SSSR count). The number of pyridine rings is 1. The summed E-state index contributed by atoms with van der Waals surface area (Å²) >= 11 is 0. The number of nitrogens with one attached hydrogen (secondary N) is 1. The lowest BCUT2D eigenvalue weighted by Gasteiger charge is -2.11. The van der Waals surface area contributed by atoms with Crippen LogP contribution in [0, 0.1) is 28.1 Å². The van der Waals surface area contributed by atoms with E-state index in [1.54, 1.807) is 6.20 Å². The summed E-state index contributed by atoms with van der Waals surface area (Å²) in [6, 6.07) is 10.8. The van der Waals surface area contributed by atoms with E-state index in [0.29, 0.717) is 12.4 Å². The molecule has 0 bridgehead atoms. The van der Waals surface area contributed by atoms with E-state index >= 15 is 0 Å². The van der Waals surface area contributed by atoms with Gasteiger partial charge in [0.1, 0.15) is 5.82 Å². The number of anilines is 1. The van der Waals surface area contributed by atoms with E-state index in [2.05, 4.69) is 28.5 Å². The van der Waals surface area contributed by atoms with E-state index in [1.807, 2.05) is 12.1 Å². The minimum atomic E-state index is -0.295. The number of carbonyl (C=O) groups is 1. The minimum absolute atomic E-state index is 0.0480. The van der Waals surface area contributed by atoms with E-state index in [9.17, 15) is 10.1 Å². The highest BCUT2D eigenvalue weighted by molar-refractivity contribution is 5.96. The summed E-state index contributed by atoms with van der Waals surface area (Å²) in [5, 5.41) is 14.8. The van der Waals surface area contributed by atoms with Crippen molar-refractivity contribution in [1.82, 2.24) is 4.98 Å². The molecule has 1 aliphatic heterocycles. The Morgan fingerprint density at radius 1 is 1.26 bits per heavy atom. The fourth-order valence-electron chi connectivity index (χ4n) is 5.31. The first-order valence-corrected chi connectivity index (χ1v) is 9.80. The maximum Gasteiger partial charge on any atom is 0.229 e. The molecule has 4 aliphatic rings. The molecule has 5 nitrogen and oxygen atoms in total. The Kier molecular flexibility index (Phi) is 2.82. The van der Waals surface area contributed by atoms with Crippen LogP contribution >= 0.6 is 0 Å². The zero-order valence-electron chi connectivity index (χ0n) is 15.1. The van der Waals surface area contributed by atoms with Gasteiger partial charge in [0.25, 0.3) is 0 Å². The van der Waals surface area contributed by atoms with Crippen molar-refractivity contribution in [3.63, 3.8) is 0 Å². The Bertz CT molecular complexity index is 1030. The molecule has 2 heterocycles. The molecule has 27 heavy (non-hydrogen) atoms. The molecule has 3 aliphatic carbocycles. The lowest BCUT2D eigenvalue weighted by atomic mass is 9.92. The van der Waals surface area contributed by atoms with E-state index in [0.717, 1.165) is 42.2 Å². The number of ether oxygens (including phenoxy) is 1. The molecule has 0 radical (unpaired) electrons. The fourth-order valence-corrected chi connectivity index (χ4v) is 5.31. The second-order valence-electron chi connectivity index (χ2n) is 9.02. The van der Waals surface area contributed by atoms with Crippen LogP contribution in [0.25, 0.3) is 10.8 Å². The molecule has 1 aromatic carbocycles. The molecule has 3 atom stereocenters. The zero-order chi connectivity index (χ0) is 18.3. The largest absolute Gasteiger partial charge is 0.381 e. The minimum Gasteiger partial charge on any atom is -0.381 e. The van der Waals surface area contributed by atoms with Crippen LogP contribution in [-0.4, -0.2) is 24.1 Å². The molecule has 4 fully saturated rings. The van der Waals surface area contributed by atoms with Crippen molar-refractivity contribution in [3.05, 3.63) is 36.0 Å². The first-order valence-electron chi connectivity index (χ1n) is 9.80. The average Bonchev–Trinajstić information content (AvgIpc) is 3.61. The van der Waals surface area contributed by atoms with Crippen LogP contribution in [-0.2, 0) is 14.9 Å². The van der Waals surface area contributed by atoms with Gasteiger partial charge in [-0.05, 0) is 60.6 Å². The van der Waals surface area contributed by atoms with Crippen molar-refractivity contribution < 1.29 is 9.53 Å². The highest BCUT2D eigenvalue weighted by Gasteiger charge is 2.75. The molecule has 2 spiro atoms. The van der Waals surface area contributed by atoms with Crippen LogP contribution in [0.4, 0.5) is 5.82 Å². The monoisotopic (exact) mass is 359 g/mol. The number of aromatic nitrogens is 1. The van der Waals surface area contributed by atoms with Crippen LogP contribution in [0.15, 0.2) is 30.5 Å². The number of hydrogen-bond donors (Lipinski definition) is 1. The molecule has 3 saturated carbocycles. The molecule has 1 N–H and O–H groups in total. The Morgan fingerprint density at radius 2 is 2.15 bits per heavy atom. The SMILES string of the molecule is N#C[C@]1(c2ccc3cnc(NC(=O)[C@H]4C[C@]45CCOC5)cc3c2)CC12CC2. The number of hydrogen-bond acceptors (Lipinski definition) is 4. The normalized spacial score (nSPS) is 34.6. The maximum atomic E-state index is 12.6. The Balaban J connectivity index is 1.27. The summed E-state index contributed by atoms with van der Waals surface area (Å²) < 4.78 is 5.47. The van der Waals surface area contributed by atoms with Gasteiger partial charge in [0.2, 0.25) is 5.91 Å². The quantitative estimate of drug-likeness (QED) is 0.909. The lowest BCUT2D eigenvalue weighted by Crippen LogP contribution is -2.19. The van der Waals surface area contributed by atoms with Gasteiger partial charge in [-0.25, -0.2) is 4.98 Å². The third kappa shape index (κ3) is 2.08. The smallest absolute Gasteiger partial charge is 0.229 e. The van der Waals surface area contributed by atoms with Crippen LogP contribution in [0.3, 0.4) is 0 Å². The van der Waals surface area contributed by atoms with Gasteiger partial charge in [0.15, 0.2) is 0 Å². The van der Waals surface area contributed by atoms with Gasteiger partial charge in [0.05, 0.1) is 18.1 Å². The Morgan fingerprint density at radius 3 is 2.85 bits per heavy atom. The number of amides is 1. The molecular formula is C22H21N3O2. The predicted molar refractivity (Wildman–Crippen MR) is 99.9 cm³/mol. The topological polar surface area (TPSA) is 75.0 Å². The average molecular weight is 359 g/mol. The molecule has 0 unspecified atom stereocenters. The van der Waals surface area contributed by atoms with Gasteiger partial charge in [-0.3, -0.25) is 4.79 Å². The summed E-state index contributed by atoms with van der Waals surface area (Å²) in [6.07, 6.45) is 7.03. The van der Waals surface area contributed by atoms with E-state index in [4.69, 9.17) is 4.74 Å². The summed E-state index contributed by atoms with van der Waals surface area (Å²) in [5.74, 6) is 0.691. The molecular weight excluding hydrogens is 338 g/mol. The van der Waals surface area contributed by atoms with Gasteiger partial charge in [0, 0.05) is 29.5 Å². The Labute approximate surface area is 157 Å². The zero-order valence-corrected chi connectivity index (χ0v) is 15.1. The standard InChI is InChI=1S/C22H21N3O2/c23-12-22(11-21(22)3-4-21)16-2-1-14-10-24-18(8-15(14)7-16)25-19(26)17-9-20(17)5-6-27-13-20/h1-2,7-8,10,17H,3-6,9,11,13H2,(H,24,25,26)/t17-,20+,22+/m1/s1. The first kappa shape index (κ1) is 15.6. The highest BCUT2D eigenvalue weighted by Crippen LogP contribution is 2.78. The number of nitrogens with zero attached hydrogens (tertiary/aromatic N) is 2. The van der Waals surface area contributed by atoms with Crippen molar-refractivity contribution in [2.75, 3.05) is 18.5 Å². The van der Waals surface area contributed by atoms with Crippen LogP contribution < -0.4 is 5.32 Å². The number of rotatable bonds is 3. The fraction of sp³-hybridized carbons (Fsp3) is 0.500. The second kappa shape index (κ2) is 4.88. The van der Waals surface area contributed by atoms with Gasteiger partial charge < -0.3 is 10.1 Å². The number of nitriles is 1. The van der Waals surface area contributed by atoms with Crippen molar-refractivity contribution in [3.8, 4) is 6.07 Å². The number of carbonyl (C=O) groups excluding carboxylic acids is 1. The molecule has 2 aromatic rings. The third-order valence-corrected chi connectivity index (χ3v) is 7.53. The van der Waals surface area contributed by atoms with Crippen LogP contribution in [0.2, 0.25) is 0 Å². The van der Waals surface area contributed by atoms with Crippen molar-refractivity contribution in [1.29, 1.82) is 5.26 Å². The Hall–Kier alpha value is -2.45. The van der Waals surface area contributed by atoms with Gasteiger partial charge >= 0.3 is 0 Å². The first-order chi connectivity index (χ1) is 13.1. The summed E-state index contributed by atoms with van der Waals surface area (Å²) in [7, 11) is 0. The molecule has 1 amide bonds. The van der Waals surface area contributed by atoms with Crippen molar-refractivity contribution >= 4 is 22.5 Å². The molecule has 1 saturated heterocycles. The van der Waals surface area contributed by atoms with Gasteiger partial charge in [-0.1, -0.05) is 12.1 Å². The van der Waals surface area contributed by atoms with E-state index < -0.39 is 0 Å². The lowest BCUT2D eigenvalue weighted by molar-refractivity contribution is -0.118. The van der Waals surface area contributed by atoms with E-state index in [-0.39, 0.29) is 28.1 Å². The molecule has 1 aromatic heterocycles. The van der Waals surface area contributed by atoms with Crippen LogP contribution in [0.1, 0.15) is 37.7 Å². The van der Waals surface area contributed by atoms with Crippen molar-refractivity contribution in [2.24, 2.45) is 16.7 Å². The summed E-state index contributed by atoms with van der Waals surface area (Å²) in [6.45, 7) is 1.47. The van der Waals surface area contributed by atoms with Crippen molar-refractivity contribution in [2.45, 2.75) is 37.5 Å².